The second kappa shape index (κ2) is 6.11. The predicted octanol–water partition coefficient (Wildman–Crippen LogP) is 0.914. The molecule has 1 unspecified atom stereocenters. The number of aliphatic carboxylic acids is 1. The molecular weight excluding hydrogens is 298 g/mol. The van der Waals surface area contributed by atoms with E-state index in [2.05, 4.69) is 4.98 Å². The molecule has 7 heteroatoms. The lowest BCUT2D eigenvalue weighted by Crippen LogP contribution is -2.48. The van der Waals surface area contributed by atoms with Gasteiger partial charge in [0.1, 0.15) is 6.04 Å². The molecule has 0 saturated carbocycles. The van der Waals surface area contributed by atoms with Crippen LogP contribution in [0.2, 0.25) is 0 Å². The van der Waals surface area contributed by atoms with Crippen LogP contribution in [0.25, 0.3) is 10.9 Å². The Kier molecular flexibility index (Phi) is 4.16. The van der Waals surface area contributed by atoms with Crippen LogP contribution in [0, 0.1) is 0 Å². The van der Waals surface area contributed by atoms with E-state index in [-0.39, 0.29) is 12.2 Å². The first-order valence-corrected chi connectivity index (χ1v) is 7.53. The lowest BCUT2D eigenvalue weighted by Gasteiger charge is -2.22. The Balaban J connectivity index is 1.72. The summed E-state index contributed by atoms with van der Waals surface area (Å²) in [6.07, 6.45) is 2.70. The van der Waals surface area contributed by atoms with Gasteiger partial charge in [0.05, 0.1) is 12.1 Å². The molecule has 122 valence electrons. The van der Waals surface area contributed by atoms with Gasteiger partial charge in [-0.3, -0.25) is 9.59 Å². The number of rotatable bonds is 5. The number of H-pyrrole nitrogens is 1. The van der Waals surface area contributed by atoms with Gasteiger partial charge in [0.15, 0.2) is 5.78 Å². The molecule has 1 fully saturated rings. The van der Waals surface area contributed by atoms with E-state index >= 15 is 0 Å². The van der Waals surface area contributed by atoms with Crippen molar-refractivity contribution in [3.63, 3.8) is 0 Å². The molecule has 0 aliphatic carbocycles. The number of ketones is 1. The zero-order valence-electron chi connectivity index (χ0n) is 12.5. The maximum Gasteiger partial charge on any atom is 0.323 e. The Labute approximate surface area is 132 Å². The number of fused-ring (bicyclic) bond motifs is 1. The summed E-state index contributed by atoms with van der Waals surface area (Å²) in [5, 5.41) is 20.6. The van der Waals surface area contributed by atoms with Crippen LogP contribution < -0.4 is 5.73 Å². The third-order valence-corrected chi connectivity index (χ3v) is 4.45. The first kappa shape index (κ1) is 15.7. The van der Waals surface area contributed by atoms with Crippen molar-refractivity contribution in [1.29, 1.82) is 0 Å². The second-order valence-corrected chi connectivity index (χ2v) is 5.90. The number of nitrogens with one attached hydrogen (secondary N) is 1. The SMILES string of the molecule is N[C@@H](Cc1c[nH]c2ccccc12)C(=O)C1CC[C@@H](C(=O)O)N1O. The largest absolute Gasteiger partial charge is 0.480 e. The normalized spacial score (nSPS) is 23.2. The van der Waals surface area contributed by atoms with Crippen LogP contribution in [0.1, 0.15) is 18.4 Å². The number of nitrogens with zero attached hydrogens (tertiary/aromatic N) is 1. The Hall–Kier alpha value is -2.22. The van der Waals surface area contributed by atoms with Gasteiger partial charge in [0.25, 0.3) is 0 Å². The molecule has 2 heterocycles. The molecule has 5 N–H and O–H groups in total. The average Bonchev–Trinajstić information content (AvgIpc) is 3.11. The quantitative estimate of drug-likeness (QED) is 0.651. The molecule has 0 bridgehead atoms. The summed E-state index contributed by atoms with van der Waals surface area (Å²) in [6.45, 7) is 0. The summed E-state index contributed by atoms with van der Waals surface area (Å²) in [6, 6.07) is 5.05. The van der Waals surface area contributed by atoms with Gasteiger partial charge in [0.2, 0.25) is 0 Å². The van der Waals surface area contributed by atoms with Gasteiger partial charge >= 0.3 is 5.97 Å². The molecule has 1 aliphatic heterocycles. The van der Waals surface area contributed by atoms with Crippen molar-refractivity contribution in [3.05, 3.63) is 36.0 Å². The molecule has 0 amide bonds. The maximum atomic E-state index is 12.5. The lowest BCUT2D eigenvalue weighted by molar-refractivity contribution is -0.173. The average molecular weight is 317 g/mol. The first-order chi connectivity index (χ1) is 11.0. The number of hydroxylamine groups is 2. The Morgan fingerprint density at radius 2 is 2.00 bits per heavy atom. The summed E-state index contributed by atoms with van der Waals surface area (Å²) in [4.78, 5) is 26.6. The molecule has 0 spiro atoms. The van der Waals surface area contributed by atoms with Crippen LogP contribution in [0.4, 0.5) is 0 Å². The first-order valence-electron chi connectivity index (χ1n) is 7.53. The number of aromatic amines is 1. The number of carbonyl (C=O) groups is 2. The van der Waals surface area contributed by atoms with Crippen molar-refractivity contribution in [2.45, 2.75) is 37.4 Å². The maximum absolute atomic E-state index is 12.5. The van der Waals surface area contributed by atoms with Crippen molar-refractivity contribution in [2.24, 2.45) is 5.73 Å². The Bertz CT molecular complexity index is 742. The topological polar surface area (TPSA) is 120 Å². The minimum Gasteiger partial charge on any atom is -0.480 e. The zero-order valence-corrected chi connectivity index (χ0v) is 12.5. The van der Waals surface area contributed by atoms with Crippen molar-refractivity contribution in [2.75, 3.05) is 0 Å². The summed E-state index contributed by atoms with van der Waals surface area (Å²) in [7, 11) is 0. The molecule has 2 aromatic rings. The number of carbonyl (C=O) groups excluding carboxylic acids is 1. The van der Waals surface area contributed by atoms with E-state index in [1.165, 1.54) is 0 Å². The van der Waals surface area contributed by atoms with Crippen LogP contribution in [0.5, 0.6) is 0 Å². The standard InChI is InChI=1S/C16H19N3O4/c17-11(7-9-8-18-12-4-2-1-3-10(9)12)15(20)13-5-6-14(16(21)22)19(13)23/h1-4,8,11,13-14,18,23H,5-7,17H2,(H,21,22)/t11-,13?,14-/m0/s1. The van der Waals surface area contributed by atoms with Crippen LogP contribution >= 0.6 is 0 Å². The van der Waals surface area contributed by atoms with Gasteiger partial charge in [-0.25, -0.2) is 0 Å². The summed E-state index contributed by atoms with van der Waals surface area (Å²) in [5.74, 6) is -1.46. The number of hydrogen-bond acceptors (Lipinski definition) is 5. The monoisotopic (exact) mass is 317 g/mol. The fourth-order valence-corrected chi connectivity index (χ4v) is 3.19. The van der Waals surface area contributed by atoms with Gasteiger partial charge < -0.3 is 21.0 Å². The van der Waals surface area contributed by atoms with Gasteiger partial charge in [-0.1, -0.05) is 18.2 Å². The highest BCUT2D eigenvalue weighted by atomic mass is 16.5. The van der Waals surface area contributed by atoms with E-state index in [1.807, 2.05) is 30.5 Å². The third-order valence-electron chi connectivity index (χ3n) is 4.45. The number of para-hydroxylation sites is 1. The number of hydrogen-bond donors (Lipinski definition) is 4. The van der Waals surface area contributed by atoms with Crippen molar-refractivity contribution in [1.82, 2.24) is 10.0 Å². The molecule has 7 nitrogen and oxygen atoms in total. The molecule has 23 heavy (non-hydrogen) atoms. The molecule has 1 saturated heterocycles. The van der Waals surface area contributed by atoms with E-state index < -0.39 is 24.1 Å². The van der Waals surface area contributed by atoms with Gasteiger partial charge in [-0.05, 0) is 30.9 Å². The Morgan fingerprint density at radius 3 is 2.70 bits per heavy atom. The van der Waals surface area contributed by atoms with Crippen molar-refractivity contribution in [3.8, 4) is 0 Å². The highest BCUT2D eigenvalue weighted by Crippen LogP contribution is 2.25. The van der Waals surface area contributed by atoms with Crippen LogP contribution in [0.15, 0.2) is 30.5 Å². The van der Waals surface area contributed by atoms with E-state index in [9.17, 15) is 14.8 Å². The van der Waals surface area contributed by atoms with E-state index in [4.69, 9.17) is 10.8 Å². The number of benzene rings is 1. The third kappa shape index (κ3) is 2.86. The minimum atomic E-state index is -1.13. The number of aromatic nitrogens is 1. The highest BCUT2D eigenvalue weighted by molar-refractivity contribution is 5.91. The number of nitrogens with two attached hydrogens (primary N) is 1. The summed E-state index contributed by atoms with van der Waals surface area (Å²) in [5.41, 5.74) is 7.91. The predicted molar refractivity (Wildman–Crippen MR) is 83.1 cm³/mol. The molecule has 1 aromatic carbocycles. The molecular formula is C16H19N3O4. The van der Waals surface area contributed by atoms with Gasteiger partial charge in [-0.2, -0.15) is 5.06 Å². The van der Waals surface area contributed by atoms with Crippen LogP contribution in [-0.4, -0.2) is 50.2 Å². The molecule has 3 atom stereocenters. The molecule has 1 aromatic heterocycles. The second-order valence-electron chi connectivity index (χ2n) is 5.90. The van der Waals surface area contributed by atoms with Crippen LogP contribution in [-0.2, 0) is 16.0 Å². The number of Topliss-reactive ketones (excluding diaryl/α,β-unsaturated/α-hetero) is 1. The molecule has 3 rings (SSSR count). The zero-order chi connectivity index (χ0) is 16.6. The minimum absolute atomic E-state index is 0.238. The van der Waals surface area contributed by atoms with Crippen molar-refractivity contribution >= 4 is 22.7 Å². The van der Waals surface area contributed by atoms with Crippen molar-refractivity contribution < 1.29 is 19.9 Å². The van der Waals surface area contributed by atoms with Gasteiger partial charge in [-0.15, -0.1) is 0 Å². The number of carboxylic acid groups (broad SMARTS) is 1. The van der Waals surface area contributed by atoms with E-state index in [0.29, 0.717) is 17.9 Å². The van der Waals surface area contributed by atoms with Gasteiger partial charge in [0, 0.05) is 17.1 Å². The molecule has 0 radical (unpaired) electrons. The summed E-state index contributed by atoms with van der Waals surface area (Å²) >= 11 is 0. The summed E-state index contributed by atoms with van der Waals surface area (Å²) < 4.78 is 0. The molecule has 1 aliphatic rings. The van der Waals surface area contributed by atoms with E-state index in [0.717, 1.165) is 16.5 Å². The Morgan fingerprint density at radius 1 is 1.30 bits per heavy atom. The van der Waals surface area contributed by atoms with E-state index in [1.54, 1.807) is 0 Å². The smallest absolute Gasteiger partial charge is 0.323 e. The van der Waals surface area contributed by atoms with Crippen LogP contribution in [0.3, 0.4) is 0 Å². The highest BCUT2D eigenvalue weighted by Gasteiger charge is 2.42. The number of carboxylic acids is 1. The fourth-order valence-electron chi connectivity index (χ4n) is 3.19. The fraction of sp³-hybridized carbons (Fsp3) is 0.375. The lowest BCUT2D eigenvalue weighted by atomic mass is 9.97.